The minimum atomic E-state index is 0.736. The Morgan fingerprint density at radius 1 is 1.30 bits per heavy atom. The third-order valence-corrected chi connectivity index (χ3v) is 1.29. The van der Waals surface area contributed by atoms with Gasteiger partial charge in [0.15, 0.2) is 0 Å². The molecule has 0 aliphatic rings. The highest BCUT2D eigenvalue weighted by Gasteiger charge is 1.86. The summed E-state index contributed by atoms with van der Waals surface area (Å²) >= 11 is 1.41. The molecule has 2 heteroatoms. The van der Waals surface area contributed by atoms with Crippen LogP contribution in [0.15, 0.2) is 0 Å². The Labute approximate surface area is 69.9 Å². The van der Waals surface area contributed by atoms with E-state index in [1.165, 1.54) is 11.9 Å². The fourth-order valence-electron chi connectivity index (χ4n) is 0.192. The third kappa shape index (κ3) is 45.1. The highest BCUT2D eigenvalue weighted by molar-refractivity contribution is 7.97. The van der Waals surface area contributed by atoms with E-state index in [0.29, 0.717) is 0 Å². The van der Waals surface area contributed by atoms with E-state index >= 15 is 0 Å². The highest BCUT2D eigenvalue weighted by atomic mass is 32.2. The average Bonchev–Trinajstić information content (AvgIpc) is 1.96. The van der Waals surface area contributed by atoms with Crippen molar-refractivity contribution in [1.29, 1.82) is 0 Å². The van der Waals surface area contributed by atoms with E-state index in [0.717, 1.165) is 11.7 Å². The van der Waals surface area contributed by atoms with Gasteiger partial charge in [-0.05, 0) is 5.92 Å². The number of rotatable bonds is 2. The zero-order chi connectivity index (χ0) is 8.99. The first-order valence-corrected chi connectivity index (χ1v) is 4.47. The topological polar surface area (TPSA) is 26.0 Å². The van der Waals surface area contributed by atoms with Crippen LogP contribution in [0.3, 0.4) is 0 Å². The Morgan fingerprint density at radius 2 is 1.60 bits per heavy atom. The van der Waals surface area contributed by atoms with Gasteiger partial charge in [-0.15, -0.1) is 12.8 Å². The molecule has 0 fully saturated rings. The van der Waals surface area contributed by atoms with Crippen LogP contribution in [0.5, 0.6) is 0 Å². The van der Waals surface area contributed by atoms with Gasteiger partial charge in [-0.25, -0.2) is 0 Å². The molecule has 1 nitrogen and oxygen atoms in total. The second-order valence-corrected chi connectivity index (χ2v) is 2.39. The van der Waals surface area contributed by atoms with E-state index in [2.05, 4.69) is 26.7 Å². The summed E-state index contributed by atoms with van der Waals surface area (Å²) in [6.07, 6.45) is 8.00. The molecule has 0 unspecified atom stereocenters. The predicted octanol–water partition coefficient (Wildman–Crippen LogP) is 2.52. The smallest absolute Gasteiger partial charge is 0.00995 e. The molecule has 10 heavy (non-hydrogen) atoms. The van der Waals surface area contributed by atoms with Crippen LogP contribution in [0.25, 0.3) is 0 Å². The molecule has 0 aliphatic carbocycles. The number of hydrogen-bond acceptors (Lipinski definition) is 2. The predicted molar refractivity (Wildman–Crippen MR) is 52.7 cm³/mol. The molecule has 0 rings (SSSR count). The Kier molecular flexibility index (Phi) is 38.1. The largest absolute Gasteiger partial charge is 0.278 e. The lowest BCUT2D eigenvalue weighted by Gasteiger charge is -1.95. The lowest BCUT2D eigenvalue weighted by atomic mass is 10.3. The number of hydrogen-bond donors (Lipinski definition) is 1. The van der Waals surface area contributed by atoms with E-state index in [1.54, 1.807) is 0 Å². The van der Waals surface area contributed by atoms with Crippen LogP contribution in [0.2, 0.25) is 0 Å². The summed E-state index contributed by atoms with van der Waals surface area (Å²) < 4.78 is 0. The molecule has 0 atom stereocenters. The van der Waals surface area contributed by atoms with Crippen LogP contribution in [-0.4, -0.2) is 5.75 Å². The van der Waals surface area contributed by atoms with Gasteiger partial charge < -0.3 is 0 Å². The average molecular weight is 161 g/mol. The summed E-state index contributed by atoms with van der Waals surface area (Å²) in [5.41, 5.74) is 0. The maximum Gasteiger partial charge on any atom is 0.00995 e. The summed E-state index contributed by atoms with van der Waals surface area (Å²) in [5.74, 6) is 1.81. The Hall–Kier alpha value is -0.130. The standard InChI is InChI=1S/C4H11NS.C2H6.C2H2/c1-4(2)3-6-5;2*1-2/h4H,3,5H2,1-2H3;1-2H3;1-2H. The molecule has 0 spiro atoms. The Balaban J connectivity index is -0.000000105. The van der Waals surface area contributed by atoms with Crippen LogP contribution in [-0.2, 0) is 0 Å². The van der Waals surface area contributed by atoms with E-state index in [9.17, 15) is 0 Å². The first kappa shape index (κ1) is 16.5. The van der Waals surface area contributed by atoms with Crippen LogP contribution in [0.1, 0.15) is 27.7 Å². The quantitative estimate of drug-likeness (QED) is 0.497. The molecule has 0 bridgehead atoms. The van der Waals surface area contributed by atoms with Crippen LogP contribution in [0.4, 0.5) is 0 Å². The Bertz CT molecular complexity index is 50.5. The molecule has 0 radical (unpaired) electrons. The molecule has 0 aromatic carbocycles. The molecule has 0 amide bonds. The van der Waals surface area contributed by atoms with Crippen molar-refractivity contribution in [1.82, 2.24) is 0 Å². The van der Waals surface area contributed by atoms with Crippen molar-refractivity contribution < 1.29 is 0 Å². The first-order valence-electron chi connectivity index (χ1n) is 3.42. The second kappa shape index (κ2) is 23.2. The summed E-state index contributed by atoms with van der Waals surface area (Å²) in [5, 5.41) is 5.15. The van der Waals surface area contributed by atoms with Gasteiger partial charge in [-0.1, -0.05) is 39.6 Å². The van der Waals surface area contributed by atoms with Crippen LogP contribution >= 0.6 is 11.9 Å². The summed E-state index contributed by atoms with van der Waals surface area (Å²) in [6.45, 7) is 8.31. The van der Waals surface area contributed by atoms with Gasteiger partial charge in [-0.3, -0.25) is 5.14 Å². The minimum Gasteiger partial charge on any atom is -0.278 e. The zero-order valence-electron chi connectivity index (χ0n) is 7.42. The molecule has 0 saturated carbocycles. The van der Waals surface area contributed by atoms with Crippen molar-refractivity contribution in [3.63, 3.8) is 0 Å². The van der Waals surface area contributed by atoms with Crippen molar-refractivity contribution >= 4 is 11.9 Å². The monoisotopic (exact) mass is 161 g/mol. The van der Waals surface area contributed by atoms with E-state index in [1.807, 2.05) is 13.8 Å². The highest BCUT2D eigenvalue weighted by Crippen LogP contribution is 1.97. The first-order chi connectivity index (χ1) is 4.77. The normalized spacial score (nSPS) is 6.80. The molecular weight excluding hydrogens is 142 g/mol. The van der Waals surface area contributed by atoms with Crippen molar-refractivity contribution in [2.45, 2.75) is 27.7 Å². The SMILES string of the molecule is C#C.CC.CC(C)CSN. The second-order valence-electron chi connectivity index (χ2n) is 1.73. The van der Waals surface area contributed by atoms with Crippen LogP contribution in [0, 0.1) is 18.8 Å². The van der Waals surface area contributed by atoms with Crippen molar-refractivity contribution in [2.24, 2.45) is 11.1 Å². The fraction of sp³-hybridized carbons (Fsp3) is 0.750. The summed E-state index contributed by atoms with van der Waals surface area (Å²) in [7, 11) is 0. The van der Waals surface area contributed by atoms with Gasteiger partial charge in [0.05, 0.1) is 0 Å². The molecule has 0 aromatic rings. The van der Waals surface area contributed by atoms with Crippen molar-refractivity contribution in [3.05, 3.63) is 0 Å². The van der Waals surface area contributed by atoms with E-state index < -0.39 is 0 Å². The minimum absolute atomic E-state index is 0.736. The Morgan fingerprint density at radius 3 is 1.60 bits per heavy atom. The molecule has 0 aliphatic heterocycles. The van der Waals surface area contributed by atoms with Gasteiger partial charge >= 0.3 is 0 Å². The lowest BCUT2D eigenvalue weighted by Crippen LogP contribution is -1.92. The molecule has 0 saturated heterocycles. The van der Waals surface area contributed by atoms with Gasteiger partial charge in [0.2, 0.25) is 0 Å². The molecule has 2 N–H and O–H groups in total. The maximum absolute atomic E-state index is 5.15. The van der Waals surface area contributed by atoms with Gasteiger partial charge in [0.25, 0.3) is 0 Å². The summed E-state index contributed by atoms with van der Waals surface area (Å²) in [4.78, 5) is 0. The van der Waals surface area contributed by atoms with Crippen LogP contribution < -0.4 is 5.14 Å². The van der Waals surface area contributed by atoms with Gasteiger partial charge in [0.1, 0.15) is 0 Å². The van der Waals surface area contributed by atoms with E-state index in [4.69, 9.17) is 5.14 Å². The van der Waals surface area contributed by atoms with Crippen molar-refractivity contribution in [2.75, 3.05) is 5.75 Å². The van der Waals surface area contributed by atoms with E-state index in [-0.39, 0.29) is 0 Å². The van der Waals surface area contributed by atoms with Crippen molar-refractivity contribution in [3.8, 4) is 12.8 Å². The molecular formula is C8H19NS. The third-order valence-electron chi connectivity index (χ3n) is 0.430. The zero-order valence-corrected chi connectivity index (χ0v) is 8.24. The molecule has 62 valence electrons. The van der Waals surface area contributed by atoms with Gasteiger partial charge in [-0.2, -0.15) is 0 Å². The fourth-order valence-corrected chi connectivity index (χ4v) is 0.577. The number of nitrogens with two attached hydrogens (primary N) is 1. The maximum atomic E-state index is 5.15. The molecule has 0 heterocycles. The lowest BCUT2D eigenvalue weighted by molar-refractivity contribution is 0.750. The van der Waals surface area contributed by atoms with Gasteiger partial charge in [0, 0.05) is 5.75 Å². The summed E-state index contributed by atoms with van der Waals surface area (Å²) in [6, 6.07) is 0. The molecule has 0 aromatic heterocycles. The number of terminal acetylenes is 1.